The van der Waals surface area contributed by atoms with Crippen molar-refractivity contribution in [3.63, 3.8) is 0 Å². The predicted molar refractivity (Wildman–Crippen MR) is 53.4 cm³/mol. The molecule has 0 aromatic carbocycles. The first-order valence-electron chi connectivity index (χ1n) is 3.94. The second kappa shape index (κ2) is 7.71. The van der Waals surface area contributed by atoms with Crippen molar-refractivity contribution in [2.75, 3.05) is 0 Å². The van der Waals surface area contributed by atoms with Crippen LogP contribution in [0.25, 0.3) is 0 Å². The summed E-state index contributed by atoms with van der Waals surface area (Å²) in [6.45, 7) is 3.51. The van der Waals surface area contributed by atoms with Crippen molar-refractivity contribution in [1.29, 1.82) is 5.26 Å². The van der Waals surface area contributed by atoms with Gasteiger partial charge in [-0.1, -0.05) is 18.2 Å². The molecule has 0 saturated heterocycles. The molecule has 0 saturated carbocycles. The zero-order chi connectivity index (χ0) is 10.1. The third kappa shape index (κ3) is 6.26. The van der Waals surface area contributed by atoms with Gasteiger partial charge in [0.05, 0.1) is 17.7 Å². The summed E-state index contributed by atoms with van der Waals surface area (Å²) in [5.74, 6) is 0. The lowest BCUT2D eigenvalue weighted by Crippen LogP contribution is -2.12. The van der Waals surface area contributed by atoms with E-state index < -0.39 is 11.1 Å². The lowest BCUT2D eigenvalue weighted by atomic mass is 10.2. The molecule has 72 valence electrons. The molecular weight excluding hydrogens is 186 g/mol. The Kier molecular flexibility index (Phi) is 7.17. The normalized spacial score (nSPS) is 15.1. The molecule has 13 heavy (non-hydrogen) atoms. The molecule has 0 aromatic heterocycles. The molecule has 0 bridgehead atoms. The second-order valence-electron chi connectivity index (χ2n) is 2.49. The van der Waals surface area contributed by atoms with Gasteiger partial charge < -0.3 is 4.55 Å². The van der Waals surface area contributed by atoms with Gasteiger partial charge in [-0.25, -0.2) is 4.21 Å². The van der Waals surface area contributed by atoms with Crippen LogP contribution in [0.3, 0.4) is 0 Å². The average molecular weight is 199 g/mol. The number of nitrogens with zero attached hydrogens (tertiary/aromatic N) is 1. The van der Waals surface area contributed by atoms with Crippen LogP contribution in [0.1, 0.15) is 19.3 Å². The van der Waals surface area contributed by atoms with Crippen LogP contribution in [0, 0.1) is 11.3 Å². The van der Waals surface area contributed by atoms with Crippen molar-refractivity contribution in [2.24, 2.45) is 0 Å². The molecule has 0 aliphatic heterocycles. The first-order chi connectivity index (χ1) is 6.22. The molecule has 3 nitrogen and oxygen atoms in total. The molecule has 0 heterocycles. The smallest absolute Gasteiger partial charge is 0.156 e. The van der Waals surface area contributed by atoms with Gasteiger partial charge in [-0.15, -0.1) is 6.58 Å². The van der Waals surface area contributed by atoms with Gasteiger partial charge in [-0.2, -0.15) is 5.26 Å². The van der Waals surface area contributed by atoms with Crippen LogP contribution >= 0.6 is 0 Å². The maximum Gasteiger partial charge on any atom is 0.156 e. The van der Waals surface area contributed by atoms with E-state index in [1.807, 2.05) is 6.07 Å². The van der Waals surface area contributed by atoms with E-state index in [2.05, 4.69) is 6.58 Å². The van der Waals surface area contributed by atoms with E-state index in [0.29, 0.717) is 19.3 Å². The van der Waals surface area contributed by atoms with Crippen LogP contribution in [0.15, 0.2) is 24.8 Å². The highest BCUT2D eigenvalue weighted by Gasteiger charge is 2.10. The highest BCUT2D eigenvalue weighted by Crippen LogP contribution is 2.07. The Morgan fingerprint density at radius 3 is 2.69 bits per heavy atom. The van der Waals surface area contributed by atoms with Crippen LogP contribution in [0.5, 0.6) is 0 Å². The van der Waals surface area contributed by atoms with Crippen molar-refractivity contribution in [1.82, 2.24) is 0 Å². The Morgan fingerprint density at radius 1 is 1.54 bits per heavy atom. The van der Waals surface area contributed by atoms with Crippen LogP contribution in [0.4, 0.5) is 0 Å². The fourth-order valence-corrected chi connectivity index (χ4v) is 1.41. The van der Waals surface area contributed by atoms with E-state index >= 15 is 0 Å². The average Bonchev–Trinajstić information content (AvgIpc) is 2.10. The minimum Gasteiger partial charge on any atom is -0.306 e. The van der Waals surface area contributed by atoms with Gasteiger partial charge in [0.2, 0.25) is 0 Å². The lowest BCUT2D eigenvalue weighted by molar-refractivity contribution is 0.547. The highest BCUT2D eigenvalue weighted by molar-refractivity contribution is 7.79. The summed E-state index contributed by atoms with van der Waals surface area (Å²) in [6, 6.07) is 1.96. The summed E-state index contributed by atoms with van der Waals surface area (Å²) in [6.07, 6.45) is 6.45. The quantitative estimate of drug-likeness (QED) is 0.526. The molecule has 4 heteroatoms. The van der Waals surface area contributed by atoms with E-state index in [4.69, 9.17) is 9.81 Å². The van der Waals surface area contributed by atoms with Crippen LogP contribution < -0.4 is 0 Å². The molecule has 0 radical (unpaired) electrons. The fourth-order valence-electron chi connectivity index (χ4n) is 0.831. The maximum absolute atomic E-state index is 10.7. The Morgan fingerprint density at radius 2 is 2.23 bits per heavy atom. The van der Waals surface area contributed by atoms with Gasteiger partial charge in [-0.05, 0) is 12.8 Å². The van der Waals surface area contributed by atoms with E-state index in [-0.39, 0.29) is 5.25 Å². The molecular formula is C9H13NO2S. The van der Waals surface area contributed by atoms with Crippen molar-refractivity contribution in [2.45, 2.75) is 24.5 Å². The number of nitriles is 1. The topological polar surface area (TPSA) is 61.1 Å². The largest absolute Gasteiger partial charge is 0.306 e. The molecule has 0 aliphatic rings. The summed E-state index contributed by atoms with van der Waals surface area (Å²) in [4.78, 5) is 0. The highest BCUT2D eigenvalue weighted by atomic mass is 32.2. The van der Waals surface area contributed by atoms with Gasteiger partial charge in [0.25, 0.3) is 0 Å². The van der Waals surface area contributed by atoms with Gasteiger partial charge in [0, 0.05) is 0 Å². The molecule has 2 unspecified atom stereocenters. The number of hydrogen-bond donors (Lipinski definition) is 1. The molecule has 1 N–H and O–H groups in total. The van der Waals surface area contributed by atoms with Gasteiger partial charge in [0.1, 0.15) is 0 Å². The van der Waals surface area contributed by atoms with Gasteiger partial charge in [-0.3, -0.25) is 0 Å². The van der Waals surface area contributed by atoms with Crippen molar-refractivity contribution < 1.29 is 8.76 Å². The Labute approximate surface area is 81.0 Å². The Balaban J connectivity index is 3.90. The van der Waals surface area contributed by atoms with Gasteiger partial charge in [0.15, 0.2) is 11.1 Å². The molecule has 0 amide bonds. The second-order valence-corrected chi connectivity index (χ2v) is 3.71. The molecule has 0 spiro atoms. The summed E-state index contributed by atoms with van der Waals surface area (Å²) < 4.78 is 19.5. The summed E-state index contributed by atoms with van der Waals surface area (Å²) in [5.41, 5.74) is 0. The van der Waals surface area contributed by atoms with Crippen molar-refractivity contribution in [3.05, 3.63) is 24.8 Å². The van der Waals surface area contributed by atoms with Crippen molar-refractivity contribution in [3.8, 4) is 6.07 Å². The first kappa shape index (κ1) is 12.1. The molecule has 0 rings (SSSR count). The molecule has 0 fully saturated rings. The van der Waals surface area contributed by atoms with E-state index in [9.17, 15) is 4.21 Å². The zero-order valence-corrected chi connectivity index (χ0v) is 8.17. The molecule has 0 aromatic rings. The Hall–Kier alpha value is -0.920. The number of rotatable bonds is 6. The van der Waals surface area contributed by atoms with Crippen LogP contribution in [-0.2, 0) is 11.1 Å². The van der Waals surface area contributed by atoms with Gasteiger partial charge >= 0.3 is 0 Å². The summed E-state index contributed by atoms with van der Waals surface area (Å²) in [7, 11) is 0. The van der Waals surface area contributed by atoms with Crippen molar-refractivity contribution >= 4 is 11.1 Å². The lowest BCUT2D eigenvalue weighted by Gasteiger charge is -2.06. The third-order valence-electron chi connectivity index (χ3n) is 1.49. The summed E-state index contributed by atoms with van der Waals surface area (Å²) >= 11 is -1.81. The number of hydrogen-bond acceptors (Lipinski definition) is 2. The zero-order valence-electron chi connectivity index (χ0n) is 7.35. The van der Waals surface area contributed by atoms with Crippen LogP contribution in [0.2, 0.25) is 0 Å². The SMILES string of the molecule is C=CCC(C/C=C\CC#N)S(=O)O. The minimum absolute atomic E-state index is 0.299. The standard InChI is InChI=1S/C9H13NO2S/c1-2-6-9(13(11)12)7-4-3-5-8-10/h2-4,9H,1,5-7H2,(H,11,12)/b4-3-. The monoisotopic (exact) mass is 199 g/mol. The number of allylic oxidation sites excluding steroid dienone is 3. The molecule has 0 aliphatic carbocycles. The maximum atomic E-state index is 10.7. The summed E-state index contributed by atoms with van der Waals surface area (Å²) in [5, 5.41) is 7.92. The van der Waals surface area contributed by atoms with Crippen LogP contribution in [-0.4, -0.2) is 14.0 Å². The van der Waals surface area contributed by atoms with E-state index in [1.165, 1.54) is 0 Å². The fraction of sp³-hybridized carbons (Fsp3) is 0.444. The predicted octanol–water partition coefficient (Wildman–Crippen LogP) is 2.01. The third-order valence-corrected chi connectivity index (χ3v) is 2.44. The first-order valence-corrected chi connectivity index (χ1v) is 5.11. The van der Waals surface area contributed by atoms with E-state index in [1.54, 1.807) is 18.2 Å². The minimum atomic E-state index is -1.81. The molecule has 2 atom stereocenters. The van der Waals surface area contributed by atoms with E-state index in [0.717, 1.165) is 0 Å². The Bertz CT molecular complexity index is 242.